The second kappa shape index (κ2) is 9.15. The molecule has 8 heteroatoms. The lowest BCUT2D eigenvalue weighted by molar-refractivity contribution is -0.111. The first kappa shape index (κ1) is 20.9. The molecule has 0 radical (unpaired) electrons. The summed E-state index contributed by atoms with van der Waals surface area (Å²) < 4.78 is 32.5. The van der Waals surface area contributed by atoms with Crippen molar-refractivity contribution in [3.8, 4) is 5.75 Å². The van der Waals surface area contributed by atoms with E-state index in [4.69, 9.17) is 10.5 Å². The summed E-state index contributed by atoms with van der Waals surface area (Å²) in [6, 6.07) is 19.7. The maximum Gasteiger partial charge on any atom is 0.261 e. The van der Waals surface area contributed by atoms with Crippen LogP contribution < -0.4 is 20.5 Å². The molecule has 3 aromatic rings. The van der Waals surface area contributed by atoms with Gasteiger partial charge in [0.25, 0.3) is 10.0 Å². The summed E-state index contributed by atoms with van der Waals surface area (Å²) in [5.74, 6) is 0.251. The maximum absolute atomic E-state index is 12.5. The number of methoxy groups -OCH3 is 1. The second-order valence-electron chi connectivity index (χ2n) is 6.31. The third kappa shape index (κ3) is 5.39. The highest BCUT2D eigenvalue weighted by Crippen LogP contribution is 2.20. The smallest absolute Gasteiger partial charge is 0.261 e. The number of ether oxygens (including phenoxy) is 1. The number of carbonyl (C=O) groups is 1. The highest BCUT2D eigenvalue weighted by atomic mass is 32.2. The molecule has 0 saturated carbocycles. The van der Waals surface area contributed by atoms with Crippen molar-refractivity contribution in [2.24, 2.45) is 0 Å². The monoisotopic (exact) mass is 423 g/mol. The molecule has 0 unspecified atom stereocenters. The van der Waals surface area contributed by atoms with Gasteiger partial charge in [0.1, 0.15) is 5.75 Å². The van der Waals surface area contributed by atoms with E-state index in [1.165, 1.54) is 25.3 Å². The van der Waals surface area contributed by atoms with Crippen molar-refractivity contribution >= 4 is 39.1 Å². The molecular formula is C22H21N3O4S. The molecule has 30 heavy (non-hydrogen) atoms. The molecule has 0 aromatic heterocycles. The van der Waals surface area contributed by atoms with E-state index in [2.05, 4.69) is 10.0 Å². The Morgan fingerprint density at radius 3 is 2.27 bits per heavy atom. The first-order chi connectivity index (χ1) is 14.4. The minimum Gasteiger partial charge on any atom is -0.497 e. The zero-order valence-electron chi connectivity index (χ0n) is 16.2. The van der Waals surface area contributed by atoms with Gasteiger partial charge in [0.15, 0.2) is 0 Å². The van der Waals surface area contributed by atoms with E-state index in [0.29, 0.717) is 22.8 Å². The van der Waals surface area contributed by atoms with Gasteiger partial charge in [-0.05, 0) is 60.2 Å². The van der Waals surface area contributed by atoms with Crippen molar-refractivity contribution in [3.63, 3.8) is 0 Å². The number of anilines is 3. The van der Waals surface area contributed by atoms with Gasteiger partial charge in [0, 0.05) is 11.8 Å². The van der Waals surface area contributed by atoms with Gasteiger partial charge in [-0.15, -0.1) is 0 Å². The number of carbonyl (C=O) groups excluding carboxylic acids is 1. The summed E-state index contributed by atoms with van der Waals surface area (Å²) in [4.78, 5) is 12.2. The van der Waals surface area contributed by atoms with Gasteiger partial charge in [-0.2, -0.15) is 0 Å². The fourth-order valence-electron chi connectivity index (χ4n) is 2.59. The average Bonchev–Trinajstić information content (AvgIpc) is 2.75. The fraction of sp³-hybridized carbons (Fsp3) is 0.0455. The topological polar surface area (TPSA) is 111 Å². The Morgan fingerprint density at radius 1 is 0.967 bits per heavy atom. The highest BCUT2D eigenvalue weighted by Gasteiger charge is 2.14. The van der Waals surface area contributed by atoms with Crippen LogP contribution in [-0.4, -0.2) is 21.4 Å². The van der Waals surface area contributed by atoms with Crippen LogP contribution in [0.25, 0.3) is 6.08 Å². The number of amides is 1. The summed E-state index contributed by atoms with van der Waals surface area (Å²) >= 11 is 0. The average molecular weight is 423 g/mol. The molecule has 4 N–H and O–H groups in total. The van der Waals surface area contributed by atoms with Crippen LogP contribution in [0.5, 0.6) is 5.75 Å². The number of para-hydroxylation sites is 2. The van der Waals surface area contributed by atoms with E-state index >= 15 is 0 Å². The molecular weight excluding hydrogens is 402 g/mol. The molecule has 1 amide bonds. The van der Waals surface area contributed by atoms with E-state index in [1.807, 2.05) is 0 Å². The second-order valence-corrected chi connectivity index (χ2v) is 8.00. The Morgan fingerprint density at radius 2 is 1.63 bits per heavy atom. The predicted molar refractivity (Wildman–Crippen MR) is 119 cm³/mol. The lowest BCUT2D eigenvalue weighted by Crippen LogP contribution is -2.12. The van der Waals surface area contributed by atoms with Crippen molar-refractivity contribution in [2.75, 3.05) is 22.9 Å². The number of hydrogen-bond acceptors (Lipinski definition) is 5. The first-order valence-electron chi connectivity index (χ1n) is 8.98. The third-order valence-corrected chi connectivity index (χ3v) is 5.58. The van der Waals surface area contributed by atoms with Gasteiger partial charge < -0.3 is 15.8 Å². The zero-order chi connectivity index (χ0) is 21.6. The summed E-state index contributed by atoms with van der Waals surface area (Å²) in [7, 11) is -2.20. The highest BCUT2D eigenvalue weighted by molar-refractivity contribution is 7.92. The normalized spacial score (nSPS) is 11.2. The number of sulfonamides is 1. The molecule has 7 nitrogen and oxygen atoms in total. The maximum atomic E-state index is 12.5. The Balaban J connectivity index is 1.63. The molecule has 0 aliphatic heterocycles. The van der Waals surface area contributed by atoms with Gasteiger partial charge in [0.05, 0.1) is 23.4 Å². The molecule has 0 aliphatic carbocycles. The first-order valence-corrected chi connectivity index (χ1v) is 10.5. The van der Waals surface area contributed by atoms with Gasteiger partial charge in [-0.25, -0.2) is 8.42 Å². The number of rotatable bonds is 7. The molecule has 0 bridgehead atoms. The van der Waals surface area contributed by atoms with Gasteiger partial charge >= 0.3 is 0 Å². The molecule has 0 heterocycles. The number of nitrogens with one attached hydrogen (secondary N) is 2. The summed E-state index contributed by atoms with van der Waals surface area (Å²) in [5.41, 5.74) is 7.96. The van der Waals surface area contributed by atoms with Crippen LogP contribution in [0.2, 0.25) is 0 Å². The molecule has 3 rings (SSSR count). The third-order valence-electron chi connectivity index (χ3n) is 4.18. The molecule has 0 fully saturated rings. The van der Waals surface area contributed by atoms with Crippen molar-refractivity contribution in [3.05, 3.63) is 84.4 Å². The van der Waals surface area contributed by atoms with E-state index in [1.54, 1.807) is 66.7 Å². The Kier molecular flexibility index (Phi) is 6.38. The minimum atomic E-state index is -3.72. The summed E-state index contributed by atoms with van der Waals surface area (Å²) in [6.45, 7) is 0. The lowest BCUT2D eigenvalue weighted by Gasteiger charge is -2.09. The van der Waals surface area contributed by atoms with Crippen molar-refractivity contribution in [2.45, 2.75) is 4.90 Å². The summed E-state index contributed by atoms with van der Waals surface area (Å²) in [6.07, 6.45) is 3.00. The largest absolute Gasteiger partial charge is 0.497 e. The van der Waals surface area contributed by atoms with E-state index < -0.39 is 10.0 Å². The van der Waals surface area contributed by atoms with Gasteiger partial charge in [0.2, 0.25) is 5.91 Å². The standard InChI is InChI=1S/C22H21N3O4S/c1-29-18-11-13-19(14-12-18)30(27,28)25-17-9-6-16(7-10-17)8-15-22(26)24-21-5-3-2-4-20(21)23/h2-15,25H,23H2,1H3,(H,24,26). The zero-order valence-corrected chi connectivity index (χ0v) is 17.0. The Hall–Kier alpha value is -3.78. The molecule has 0 spiro atoms. The Labute approximate surface area is 175 Å². The van der Waals surface area contributed by atoms with Crippen LogP contribution in [0.1, 0.15) is 5.56 Å². The minimum absolute atomic E-state index is 0.129. The van der Waals surface area contributed by atoms with Crippen molar-refractivity contribution in [1.82, 2.24) is 0 Å². The van der Waals surface area contributed by atoms with Crippen LogP contribution in [-0.2, 0) is 14.8 Å². The molecule has 0 saturated heterocycles. The van der Waals surface area contributed by atoms with E-state index in [0.717, 1.165) is 5.56 Å². The quantitative estimate of drug-likeness (QED) is 0.396. The molecule has 3 aromatic carbocycles. The van der Waals surface area contributed by atoms with Gasteiger partial charge in [-0.1, -0.05) is 24.3 Å². The van der Waals surface area contributed by atoms with E-state index in [9.17, 15) is 13.2 Å². The number of nitrogen functional groups attached to an aromatic ring is 1. The predicted octanol–water partition coefficient (Wildman–Crippen LogP) is 3.73. The molecule has 0 atom stereocenters. The number of hydrogen-bond donors (Lipinski definition) is 3. The van der Waals surface area contributed by atoms with Crippen LogP contribution in [0.3, 0.4) is 0 Å². The number of benzene rings is 3. The van der Waals surface area contributed by atoms with Crippen LogP contribution in [0, 0.1) is 0 Å². The van der Waals surface area contributed by atoms with Crippen molar-refractivity contribution in [1.29, 1.82) is 0 Å². The lowest BCUT2D eigenvalue weighted by atomic mass is 10.2. The van der Waals surface area contributed by atoms with E-state index in [-0.39, 0.29) is 10.8 Å². The molecule has 0 aliphatic rings. The summed E-state index contributed by atoms with van der Waals surface area (Å²) in [5, 5.41) is 2.70. The van der Waals surface area contributed by atoms with Crippen LogP contribution >= 0.6 is 0 Å². The van der Waals surface area contributed by atoms with Crippen molar-refractivity contribution < 1.29 is 17.9 Å². The van der Waals surface area contributed by atoms with Crippen LogP contribution in [0.4, 0.5) is 17.1 Å². The molecule has 154 valence electrons. The van der Waals surface area contributed by atoms with Gasteiger partial charge in [-0.3, -0.25) is 9.52 Å². The fourth-order valence-corrected chi connectivity index (χ4v) is 3.65. The number of nitrogens with two attached hydrogens (primary N) is 1. The SMILES string of the molecule is COc1ccc(S(=O)(=O)Nc2ccc(C=CC(=O)Nc3ccccc3N)cc2)cc1. The van der Waals surface area contributed by atoms with Crippen LogP contribution in [0.15, 0.2) is 83.8 Å². The Bertz CT molecular complexity index is 1160.